The molecule has 1 unspecified atom stereocenters. The van der Waals surface area contributed by atoms with Crippen molar-refractivity contribution >= 4 is 39.1 Å². The van der Waals surface area contributed by atoms with Crippen LogP contribution in [0.5, 0.6) is 0 Å². The van der Waals surface area contributed by atoms with Gasteiger partial charge >= 0.3 is 0 Å². The van der Waals surface area contributed by atoms with Crippen LogP contribution in [0.2, 0.25) is 10.0 Å². The van der Waals surface area contributed by atoms with Gasteiger partial charge in [0.25, 0.3) is 0 Å². The number of nitrogens with two attached hydrogens (primary N) is 1. The number of rotatable bonds is 4. The van der Waals surface area contributed by atoms with E-state index in [9.17, 15) is 0 Å². The molecule has 19 heavy (non-hydrogen) atoms. The Morgan fingerprint density at radius 2 is 1.84 bits per heavy atom. The molecule has 1 atom stereocenters. The molecule has 0 spiro atoms. The Bertz CT molecular complexity index is 575. The molecule has 0 radical (unpaired) electrons. The normalized spacial score (nSPS) is 12.4. The summed E-state index contributed by atoms with van der Waals surface area (Å²) >= 11 is 15.4. The Kier molecular flexibility index (Phi) is 5.25. The van der Waals surface area contributed by atoms with Crippen LogP contribution in [0, 0.1) is 0 Å². The highest BCUT2D eigenvalue weighted by molar-refractivity contribution is 9.10. The van der Waals surface area contributed by atoms with E-state index in [-0.39, 0.29) is 6.04 Å². The number of halogens is 3. The minimum atomic E-state index is -0.00916. The van der Waals surface area contributed by atoms with Gasteiger partial charge in [-0.2, -0.15) is 0 Å². The van der Waals surface area contributed by atoms with E-state index in [1.807, 2.05) is 42.5 Å². The fourth-order valence-electron chi connectivity index (χ4n) is 1.94. The first-order valence-electron chi connectivity index (χ1n) is 5.75. The van der Waals surface area contributed by atoms with Gasteiger partial charge in [-0.15, -0.1) is 0 Å². The Balaban J connectivity index is 2.25. The van der Waals surface area contributed by atoms with Crippen molar-refractivity contribution < 1.29 is 0 Å². The van der Waals surface area contributed by atoms with Crippen molar-refractivity contribution in [2.24, 2.45) is 5.84 Å². The van der Waals surface area contributed by atoms with Gasteiger partial charge < -0.3 is 0 Å². The predicted molar refractivity (Wildman–Crippen MR) is 84.4 cm³/mol. The summed E-state index contributed by atoms with van der Waals surface area (Å²) < 4.78 is 0.935. The van der Waals surface area contributed by atoms with Crippen molar-refractivity contribution in [3.05, 3.63) is 68.1 Å². The highest BCUT2D eigenvalue weighted by atomic mass is 79.9. The van der Waals surface area contributed by atoms with E-state index in [0.29, 0.717) is 5.02 Å². The lowest BCUT2D eigenvalue weighted by Crippen LogP contribution is -2.29. The van der Waals surface area contributed by atoms with Gasteiger partial charge in [0, 0.05) is 14.5 Å². The third kappa shape index (κ3) is 3.94. The molecular formula is C14H13BrCl2N2. The zero-order valence-corrected chi connectivity index (χ0v) is 13.1. The SMILES string of the molecule is NNC(Cc1cccc(Cl)c1)c1ccc(Cl)cc1Br. The van der Waals surface area contributed by atoms with Crippen LogP contribution in [0.3, 0.4) is 0 Å². The lowest BCUT2D eigenvalue weighted by molar-refractivity contribution is 0.550. The van der Waals surface area contributed by atoms with Gasteiger partial charge in [-0.3, -0.25) is 11.3 Å². The molecule has 2 aromatic carbocycles. The molecule has 0 amide bonds. The zero-order valence-electron chi connectivity index (χ0n) is 10.0. The molecule has 0 fully saturated rings. The molecule has 2 nitrogen and oxygen atoms in total. The van der Waals surface area contributed by atoms with Crippen molar-refractivity contribution in [1.29, 1.82) is 0 Å². The quantitative estimate of drug-likeness (QED) is 0.622. The molecule has 0 saturated carbocycles. The molecule has 2 rings (SSSR count). The van der Waals surface area contributed by atoms with Crippen LogP contribution in [0.4, 0.5) is 0 Å². The van der Waals surface area contributed by atoms with Crippen LogP contribution in [0.15, 0.2) is 46.9 Å². The third-order valence-corrected chi connectivity index (χ3v) is 4.02. The molecule has 0 bridgehead atoms. The Morgan fingerprint density at radius 3 is 2.47 bits per heavy atom. The van der Waals surface area contributed by atoms with E-state index in [1.165, 1.54) is 0 Å². The summed E-state index contributed by atoms with van der Waals surface area (Å²) in [5, 5.41) is 1.41. The molecule has 0 saturated heterocycles. The van der Waals surface area contributed by atoms with E-state index in [0.717, 1.165) is 27.0 Å². The summed E-state index contributed by atoms with van der Waals surface area (Å²) in [6, 6.07) is 13.4. The van der Waals surface area contributed by atoms with Crippen LogP contribution >= 0.6 is 39.1 Å². The van der Waals surface area contributed by atoms with E-state index in [1.54, 1.807) is 0 Å². The summed E-state index contributed by atoms with van der Waals surface area (Å²) in [6.45, 7) is 0. The van der Waals surface area contributed by atoms with Crippen LogP contribution in [0.1, 0.15) is 17.2 Å². The maximum Gasteiger partial charge on any atom is 0.0511 e. The van der Waals surface area contributed by atoms with Gasteiger partial charge in [-0.1, -0.05) is 57.3 Å². The number of hydrazine groups is 1. The molecule has 5 heteroatoms. The van der Waals surface area contributed by atoms with Crippen LogP contribution < -0.4 is 11.3 Å². The largest absolute Gasteiger partial charge is 0.271 e. The van der Waals surface area contributed by atoms with E-state index in [4.69, 9.17) is 29.0 Å². The van der Waals surface area contributed by atoms with Crippen LogP contribution in [-0.4, -0.2) is 0 Å². The fourth-order valence-corrected chi connectivity index (χ4v) is 3.11. The lowest BCUT2D eigenvalue weighted by atomic mass is 9.99. The average Bonchev–Trinajstić information content (AvgIpc) is 2.37. The van der Waals surface area contributed by atoms with Gasteiger partial charge in [-0.05, 0) is 41.8 Å². The summed E-state index contributed by atoms with van der Waals surface area (Å²) in [5.74, 6) is 5.66. The highest BCUT2D eigenvalue weighted by Gasteiger charge is 2.14. The van der Waals surface area contributed by atoms with Gasteiger partial charge in [0.05, 0.1) is 6.04 Å². The second-order valence-electron chi connectivity index (χ2n) is 4.22. The average molecular weight is 360 g/mol. The summed E-state index contributed by atoms with van der Waals surface area (Å²) in [5.41, 5.74) is 5.01. The number of benzene rings is 2. The van der Waals surface area contributed by atoms with E-state index in [2.05, 4.69) is 21.4 Å². The smallest absolute Gasteiger partial charge is 0.0511 e. The van der Waals surface area contributed by atoms with Crippen molar-refractivity contribution in [2.45, 2.75) is 12.5 Å². The van der Waals surface area contributed by atoms with Crippen molar-refractivity contribution in [1.82, 2.24) is 5.43 Å². The molecule has 0 aliphatic carbocycles. The number of nitrogens with one attached hydrogen (secondary N) is 1. The molecule has 0 aromatic heterocycles. The highest BCUT2D eigenvalue weighted by Crippen LogP contribution is 2.28. The predicted octanol–water partition coefficient (Wildman–Crippen LogP) is 4.50. The molecule has 100 valence electrons. The summed E-state index contributed by atoms with van der Waals surface area (Å²) in [7, 11) is 0. The molecule has 2 aromatic rings. The summed E-state index contributed by atoms with van der Waals surface area (Å²) in [4.78, 5) is 0. The van der Waals surface area contributed by atoms with E-state index < -0.39 is 0 Å². The number of hydrogen-bond donors (Lipinski definition) is 2. The standard InChI is InChI=1S/C14H13BrCl2N2/c15-13-8-11(17)4-5-12(13)14(19-18)7-9-2-1-3-10(16)6-9/h1-6,8,14,19H,7,18H2. The maximum atomic E-state index is 5.99. The van der Waals surface area contributed by atoms with Crippen LogP contribution in [-0.2, 0) is 6.42 Å². The Morgan fingerprint density at radius 1 is 1.11 bits per heavy atom. The second-order valence-corrected chi connectivity index (χ2v) is 5.95. The Labute approximate surface area is 131 Å². The van der Waals surface area contributed by atoms with Crippen molar-refractivity contribution in [3.8, 4) is 0 Å². The first kappa shape index (κ1) is 14.8. The molecule has 0 heterocycles. The van der Waals surface area contributed by atoms with Gasteiger partial charge in [-0.25, -0.2) is 0 Å². The molecular weight excluding hydrogens is 347 g/mol. The molecule has 0 aliphatic rings. The minimum absolute atomic E-state index is 0.00916. The number of hydrogen-bond acceptors (Lipinski definition) is 2. The summed E-state index contributed by atoms with van der Waals surface area (Å²) in [6.07, 6.45) is 0.747. The molecule has 3 N–H and O–H groups in total. The van der Waals surface area contributed by atoms with Crippen molar-refractivity contribution in [3.63, 3.8) is 0 Å². The van der Waals surface area contributed by atoms with Gasteiger partial charge in [0.2, 0.25) is 0 Å². The second kappa shape index (κ2) is 6.73. The van der Waals surface area contributed by atoms with Gasteiger partial charge in [0.1, 0.15) is 0 Å². The Hall–Kier alpha value is -0.580. The topological polar surface area (TPSA) is 38.0 Å². The van der Waals surface area contributed by atoms with Crippen LogP contribution in [0.25, 0.3) is 0 Å². The zero-order chi connectivity index (χ0) is 13.8. The van der Waals surface area contributed by atoms with E-state index >= 15 is 0 Å². The fraction of sp³-hybridized carbons (Fsp3) is 0.143. The first-order chi connectivity index (χ1) is 9.10. The maximum absolute atomic E-state index is 5.99. The first-order valence-corrected chi connectivity index (χ1v) is 7.30. The minimum Gasteiger partial charge on any atom is -0.271 e. The van der Waals surface area contributed by atoms with Crippen molar-refractivity contribution in [2.75, 3.05) is 0 Å². The third-order valence-electron chi connectivity index (χ3n) is 2.87. The lowest BCUT2D eigenvalue weighted by Gasteiger charge is -2.18. The van der Waals surface area contributed by atoms with Gasteiger partial charge in [0.15, 0.2) is 0 Å². The monoisotopic (exact) mass is 358 g/mol. The molecule has 0 aliphatic heterocycles.